The summed E-state index contributed by atoms with van der Waals surface area (Å²) in [7, 11) is -3.98. The van der Waals surface area contributed by atoms with E-state index in [4.69, 9.17) is 16.7 Å². The van der Waals surface area contributed by atoms with Gasteiger partial charge in [0.25, 0.3) is 0 Å². The van der Waals surface area contributed by atoms with Crippen LogP contribution in [0.25, 0.3) is 0 Å². The average Bonchev–Trinajstić information content (AvgIpc) is 2.41. The summed E-state index contributed by atoms with van der Waals surface area (Å²) in [6.07, 6.45) is 2.02. The van der Waals surface area contributed by atoms with E-state index in [9.17, 15) is 18.3 Å². The Labute approximate surface area is 127 Å². The summed E-state index contributed by atoms with van der Waals surface area (Å²) < 4.78 is 27.1. The van der Waals surface area contributed by atoms with E-state index in [-0.39, 0.29) is 15.5 Å². The molecule has 0 radical (unpaired) electrons. The number of hydrogen-bond acceptors (Lipinski definition) is 4. The Morgan fingerprint density at radius 2 is 1.95 bits per heavy atom. The second-order valence-corrected chi connectivity index (χ2v) is 7.12. The van der Waals surface area contributed by atoms with Gasteiger partial charge in [0.2, 0.25) is 10.0 Å². The highest BCUT2D eigenvalue weighted by atomic mass is 35.5. The van der Waals surface area contributed by atoms with Gasteiger partial charge in [-0.25, -0.2) is 17.9 Å². The minimum Gasteiger partial charge on any atom is -0.478 e. The largest absolute Gasteiger partial charge is 0.478 e. The first kappa shape index (κ1) is 16.2. The third-order valence-corrected chi connectivity index (χ3v) is 5.48. The number of sulfonamides is 1. The van der Waals surface area contributed by atoms with Crippen molar-refractivity contribution < 1.29 is 23.4 Å². The van der Waals surface area contributed by atoms with Gasteiger partial charge in [-0.15, -0.1) is 0 Å². The lowest BCUT2D eigenvalue weighted by atomic mass is 9.93. The summed E-state index contributed by atoms with van der Waals surface area (Å²) in [6, 6.07) is 2.91. The number of aromatic carboxylic acids is 1. The van der Waals surface area contributed by atoms with Crippen LogP contribution in [0.4, 0.5) is 0 Å². The molecule has 116 valence electrons. The summed E-state index contributed by atoms with van der Waals surface area (Å²) in [5.41, 5.74) is -0.163. The van der Waals surface area contributed by atoms with Crippen LogP contribution >= 0.6 is 11.6 Å². The number of carboxylic acid groups (broad SMARTS) is 1. The minimum absolute atomic E-state index is 0.0576. The molecule has 0 heterocycles. The van der Waals surface area contributed by atoms with Gasteiger partial charge in [-0.05, 0) is 31.0 Å². The van der Waals surface area contributed by atoms with Gasteiger partial charge in [-0.3, -0.25) is 0 Å². The fraction of sp³-hybridized carbons (Fsp3) is 0.462. The number of aliphatic hydroxyl groups is 1. The maximum absolute atomic E-state index is 12.3. The van der Waals surface area contributed by atoms with E-state index >= 15 is 0 Å². The maximum Gasteiger partial charge on any atom is 0.335 e. The van der Waals surface area contributed by atoms with Gasteiger partial charge in [0.1, 0.15) is 4.90 Å². The first-order valence-corrected chi connectivity index (χ1v) is 8.40. The summed E-state index contributed by atoms with van der Waals surface area (Å²) in [4.78, 5) is 10.6. The second-order valence-electron chi connectivity index (χ2n) is 5.03. The Morgan fingerprint density at radius 1 is 1.29 bits per heavy atom. The molecule has 0 bridgehead atoms. The summed E-state index contributed by atoms with van der Waals surface area (Å²) in [5, 5.41) is 18.7. The van der Waals surface area contributed by atoms with E-state index in [1.807, 2.05) is 0 Å². The van der Waals surface area contributed by atoms with Crippen LogP contribution in [0.1, 0.15) is 36.0 Å². The smallest absolute Gasteiger partial charge is 0.335 e. The highest BCUT2D eigenvalue weighted by Gasteiger charge is 2.29. The van der Waals surface area contributed by atoms with Crippen molar-refractivity contribution in [2.45, 2.75) is 42.7 Å². The molecular formula is C13H16ClNO5S. The first-order valence-electron chi connectivity index (χ1n) is 6.54. The van der Waals surface area contributed by atoms with Crippen molar-refractivity contribution in [3.05, 3.63) is 28.8 Å². The molecule has 0 saturated heterocycles. The number of benzene rings is 1. The monoisotopic (exact) mass is 333 g/mol. The molecule has 1 aliphatic rings. The number of rotatable bonds is 4. The first-order chi connectivity index (χ1) is 9.81. The zero-order chi connectivity index (χ0) is 15.6. The Kier molecular flexibility index (Phi) is 4.88. The van der Waals surface area contributed by atoms with E-state index in [0.29, 0.717) is 12.8 Å². The molecule has 1 fully saturated rings. The van der Waals surface area contributed by atoms with Gasteiger partial charge < -0.3 is 10.2 Å². The van der Waals surface area contributed by atoms with E-state index < -0.39 is 28.1 Å². The zero-order valence-corrected chi connectivity index (χ0v) is 12.7. The van der Waals surface area contributed by atoms with Crippen molar-refractivity contribution >= 4 is 27.6 Å². The van der Waals surface area contributed by atoms with Gasteiger partial charge >= 0.3 is 5.97 Å². The number of hydrogen-bond donors (Lipinski definition) is 3. The molecule has 2 atom stereocenters. The Morgan fingerprint density at radius 3 is 2.57 bits per heavy atom. The number of nitrogens with one attached hydrogen (secondary N) is 1. The van der Waals surface area contributed by atoms with Crippen LogP contribution in [0.5, 0.6) is 0 Å². The lowest BCUT2D eigenvalue weighted by molar-refractivity contribution is 0.0696. The standard InChI is InChI=1S/C13H16ClNO5S/c14-9-6-5-8(13(17)18)7-12(9)21(19,20)15-10-3-1-2-4-11(10)16/h5-7,10-11,15-16H,1-4H2,(H,17,18). The van der Waals surface area contributed by atoms with Crippen LogP contribution in [0.15, 0.2) is 23.1 Å². The molecule has 0 spiro atoms. The quantitative estimate of drug-likeness (QED) is 0.776. The van der Waals surface area contributed by atoms with Gasteiger partial charge in [-0.2, -0.15) is 0 Å². The second kappa shape index (κ2) is 6.31. The van der Waals surface area contributed by atoms with Crippen molar-refractivity contribution in [2.75, 3.05) is 0 Å². The molecule has 21 heavy (non-hydrogen) atoms. The molecule has 2 rings (SSSR count). The fourth-order valence-electron chi connectivity index (χ4n) is 2.35. The van der Waals surface area contributed by atoms with E-state index in [2.05, 4.69) is 4.72 Å². The lowest BCUT2D eigenvalue weighted by Gasteiger charge is -2.28. The van der Waals surface area contributed by atoms with Crippen molar-refractivity contribution in [3.63, 3.8) is 0 Å². The molecule has 2 unspecified atom stereocenters. The maximum atomic E-state index is 12.3. The molecule has 1 aromatic carbocycles. The van der Waals surface area contributed by atoms with E-state index in [1.54, 1.807) is 0 Å². The molecule has 8 heteroatoms. The molecule has 0 aliphatic heterocycles. The van der Waals surface area contributed by atoms with Crippen molar-refractivity contribution in [2.24, 2.45) is 0 Å². The fourth-order valence-corrected chi connectivity index (χ4v) is 4.18. The van der Waals surface area contributed by atoms with Crippen molar-refractivity contribution in [1.29, 1.82) is 0 Å². The number of aliphatic hydroxyl groups excluding tert-OH is 1. The summed E-state index contributed by atoms with van der Waals surface area (Å²) in [6.45, 7) is 0. The van der Waals surface area contributed by atoms with Crippen LogP contribution in [0.3, 0.4) is 0 Å². The Hall–Kier alpha value is -1.15. The van der Waals surface area contributed by atoms with Gasteiger partial charge in [0.05, 0.1) is 16.7 Å². The molecule has 3 N–H and O–H groups in total. The third kappa shape index (κ3) is 3.74. The SMILES string of the molecule is O=C(O)c1ccc(Cl)c(S(=O)(=O)NC2CCCCC2O)c1. The summed E-state index contributed by atoms with van der Waals surface area (Å²) >= 11 is 5.86. The molecular weight excluding hydrogens is 318 g/mol. The van der Waals surface area contributed by atoms with Crippen molar-refractivity contribution in [1.82, 2.24) is 4.72 Å². The van der Waals surface area contributed by atoms with E-state index in [0.717, 1.165) is 18.9 Å². The highest BCUT2D eigenvalue weighted by molar-refractivity contribution is 7.89. The molecule has 1 saturated carbocycles. The minimum atomic E-state index is -3.98. The normalized spacial score (nSPS) is 23.0. The number of carbonyl (C=O) groups is 1. The van der Waals surface area contributed by atoms with Crippen LogP contribution in [-0.4, -0.2) is 36.7 Å². The van der Waals surface area contributed by atoms with Crippen LogP contribution in [0.2, 0.25) is 5.02 Å². The lowest BCUT2D eigenvalue weighted by Crippen LogP contribution is -2.45. The molecule has 0 amide bonds. The molecule has 6 nitrogen and oxygen atoms in total. The highest BCUT2D eigenvalue weighted by Crippen LogP contribution is 2.25. The number of halogens is 1. The topological polar surface area (TPSA) is 104 Å². The van der Waals surface area contributed by atoms with Crippen molar-refractivity contribution in [3.8, 4) is 0 Å². The predicted octanol–water partition coefficient (Wildman–Crippen LogP) is 1.62. The van der Waals surface area contributed by atoms with Crippen LogP contribution in [-0.2, 0) is 10.0 Å². The average molecular weight is 334 g/mol. The van der Waals surface area contributed by atoms with Crippen LogP contribution in [0, 0.1) is 0 Å². The van der Waals surface area contributed by atoms with Gasteiger partial charge in [-0.1, -0.05) is 24.4 Å². The van der Waals surface area contributed by atoms with E-state index in [1.165, 1.54) is 12.1 Å². The molecule has 1 aromatic rings. The van der Waals surface area contributed by atoms with Gasteiger partial charge in [0.15, 0.2) is 0 Å². The van der Waals surface area contributed by atoms with Crippen LogP contribution < -0.4 is 4.72 Å². The Bertz CT molecular complexity index is 646. The third-order valence-electron chi connectivity index (χ3n) is 3.50. The number of carboxylic acids is 1. The zero-order valence-electron chi connectivity index (χ0n) is 11.1. The molecule has 1 aliphatic carbocycles. The Balaban J connectivity index is 2.30. The van der Waals surface area contributed by atoms with Gasteiger partial charge in [0, 0.05) is 6.04 Å². The predicted molar refractivity (Wildman–Crippen MR) is 77.0 cm³/mol. The molecule has 0 aromatic heterocycles. The summed E-state index contributed by atoms with van der Waals surface area (Å²) in [5.74, 6) is -1.24.